The zero-order chi connectivity index (χ0) is 10.7. The minimum atomic E-state index is -3.14. The van der Waals surface area contributed by atoms with Gasteiger partial charge >= 0.3 is 7.03 Å². The van der Waals surface area contributed by atoms with Crippen LogP contribution in [0.5, 0.6) is 0 Å². The Kier molecular flexibility index (Phi) is 3.02. The molecule has 2 aromatic carbocycles. The van der Waals surface area contributed by atoms with Crippen molar-refractivity contribution in [3.05, 3.63) is 60.7 Å². The van der Waals surface area contributed by atoms with Gasteiger partial charge in [0.05, 0.1) is 0 Å². The molecule has 0 atom stereocenters. The molecule has 0 aromatic heterocycles. The summed E-state index contributed by atoms with van der Waals surface area (Å²) in [6.07, 6.45) is 0. The lowest BCUT2D eigenvalue weighted by Crippen LogP contribution is -2.48. The van der Waals surface area contributed by atoms with Crippen molar-refractivity contribution in [2.24, 2.45) is 0 Å². The fourth-order valence-corrected chi connectivity index (χ4v) is 4.60. The molecule has 0 aliphatic carbocycles. The molecule has 0 saturated carbocycles. The first-order chi connectivity index (χ1) is 7.21. The SMILES string of the molecule is F[Si](Br)(c1ccccc1)c1ccccc1. The zero-order valence-electron chi connectivity index (χ0n) is 8.03. The van der Waals surface area contributed by atoms with Gasteiger partial charge in [-0.2, -0.15) is 0 Å². The number of benzene rings is 2. The van der Waals surface area contributed by atoms with Crippen molar-refractivity contribution in [3.8, 4) is 0 Å². The summed E-state index contributed by atoms with van der Waals surface area (Å²) >= 11 is 3.27. The molecule has 3 heteroatoms. The summed E-state index contributed by atoms with van der Waals surface area (Å²) in [7, 11) is -3.14. The minimum Gasteiger partial charge on any atom is -0.287 e. The monoisotopic (exact) mass is 280 g/mol. The molecule has 0 fully saturated rings. The van der Waals surface area contributed by atoms with E-state index in [4.69, 9.17) is 0 Å². The minimum absolute atomic E-state index is 0.746. The molecular weight excluding hydrogens is 271 g/mol. The van der Waals surface area contributed by atoms with Gasteiger partial charge in [0.25, 0.3) is 0 Å². The Bertz CT molecular complexity index is 386. The van der Waals surface area contributed by atoms with E-state index in [1.165, 1.54) is 0 Å². The van der Waals surface area contributed by atoms with Crippen LogP contribution >= 0.6 is 15.3 Å². The topological polar surface area (TPSA) is 0 Å². The lowest BCUT2D eigenvalue weighted by molar-refractivity contribution is 0.858. The third-order valence-corrected chi connectivity index (χ3v) is 7.14. The highest BCUT2D eigenvalue weighted by molar-refractivity contribution is 9.26. The Hall–Kier alpha value is -0.933. The highest BCUT2D eigenvalue weighted by Gasteiger charge is 2.35. The van der Waals surface area contributed by atoms with Gasteiger partial charge in [0.1, 0.15) is 0 Å². The van der Waals surface area contributed by atoms with E-state index in [2.05, 4.69) is 15.3 Å². The van der Waals surface area contributed by atoms with Crippen LogP contribution in [0.3, 0.4) is 0 Å². The lowest BCUT2D eigenvalue weighted by Gasteiger charge is -2.15. The molecule has 0 radical (unpaired) electrons. The first-order valence-electron chi connectivity index (χ1n) is 4.70. The van der Waals surface area contributed by atoms with Crippen molar-refractivity contribution in [1.29, 1.82) is 0 Å². The van der Waals surface area contributed by atoms with Crippen LogP contribution in [0.2, 0.25) is 0 Å². The van der Waals surface area contributed by atoms with Gasteiger partial charge in [-0.1, -0.05) is 76.0 Å². The fourth-order valence-electron chi connectivity index (χ4n) is 1.46. The summed E-state index contributed by atoms with van der Waals surface area (Å²) in [4.78, 5) is 0. The van der Waals surface area contributed by atoms with Crippen LogP contribution in [-0.4, -0.2) is 7.03 Å². The van der Waals surface area contributed by atoms with E-state index in [9.17, 15) is 4.11 Å². The second kappa shape index (κ2) is 4.29. The molecular formula is C12H10BrFSi. The molecule has 0 aliphatic rings. The average molecular weight is 281 g/mol. The first-order valence-corrected chi connectivity index (χ1v) is 8.83. The van der Waals surface area contributed by atoms with Crippen LogP contribution in [0.1, 0.15) is 0 Å². The second-order valence-electron chi connectivity index (χ2n) is 3.31. The van der Waals surface area contributed by atoms with Crippen molar-refractivity contribution in [2.75, 3.05) is 0 Å². The van der Waals surface area contributed by atoms with Gasteiger partial charge < -0.3 is 0 Å². The van der Waals surface area contributed by atoms with E-state index >= 15 is 0 Å². The normalized spacial score (nSPS) is 11.3. The van der Waals surface area contributed by atoms with Crippen LogP contribution in [0, 0.1) is 0 Å². The van der Waals surface area contributed by atoms with Crippen molar-refractivity contribution < 1.29 is 4.11 Å². The number of hydrogen-bond donors (Lipinski definition) is 0. The van der Waals surface area contributed by atoms with Crippen LogP contribution in [0.4, 0.5) is 4.11 Å². The maximum absolute atomic E-state index is 14.6. The molecule has 0 heterocycles. The third kappa shape index (κ3) is 2.18. The molecule has 0 nitrogen and oxygen atoms in total. The summed E-state index contributed by atoms with van der Waals surface area (Å²) < 4.78 is 14.6. The molecule has 0 bridgehead atoms. The standard InChI is InChI=1S/C12H10BrFSi/c13-15(14,11-7-3-1-4-8-11)12-9-5-2-6-10-12/h1-10H. The Morgan fingerprint density at radius 1 is 0.733 bits per heavy atom. The van der Waals surface area contributed by atoms with E-state index in [-0.39, 0.29) is 0 Å². The summed E-state index contributed by atoms with van der Waals surface area (Å²) in [6.45, 7) is 0. The zero-order valence-corrected chi connectivity index (χ0v) is 10.6. The molecule has 15 heavy (non-hydrogen) atoms. The molecule has 0 unspecified atom stereocenters. The number of hydrogen-bond acceptors (Lipinski definition) is 0. The lowest BCUT2D eigenvalue weighted by atomic mass is 10.4. The van der Waals surface area contributed by atoms with E-state index in [0.717, 1.165) is 10.4 Å². The van der Waals surface area contributed by atoms with Gasteiger partial charge in [0.2, 0.25) is 0 Å². The molecule has 0 N–H and O–H groups in total. The average Bonchev–Trinajstić information content (AvgIpc) is 2.31. The van der Waals surface area contributed by atoms with E-state index in [0.29, 0.717) is 0 Å². The highest BCUT2D eigenvalue weighted by atomic mass is 79.9. The third-order valence-electron chi connectivity index (χ3n) is 2.27. The Morgan fingerprint density at radius 2 is 1.07 bits per heavy atom. The quantitative estimate of drug-likeness (QED) is 0.586. The summed E-state index contributed by atoms with van der Waals surface area (Å²) in [5.41, 5.74) is 0. The van der Waals surface area contributed by atoms with E-state index in [1.54, 1.807) is 0 Å². The predicted octanol–water partition coefficient (Wildman–Crippen LogP) is 2.61. The molecule has 2 rings (SSSR count). The second-order valence-corrected chi connectivity index (χ2v) is 8.89. The first kappa shape index (κ1) is 10.6. The summed E-state index contributed by atoms with van der Waals surface area (Å²) in [6, 6.07) is 18.5. The molecule has 0 saturated heterocycles. The van der Waals surface area contributed by atoms with Crippen LogP contribution < -0.4 is 10.4 Å². The maximum Gasteiger partial charge on any atom is 0.376 e. The molecule has 76 valence electrons. The van der Waals surface area contributed by atoms with Gasteiger partial charge in [-0.25, -0.2) is 0 Å². The van der Waals surface area contributed by atoms with Gasteiger partial charge in [-0.05, 0) is 10.4 Å². The van der Waals surface area contributed by atoms with Crippen LogP contribution in [-0.2, 0) is 0 Å². The Morgan fingerprint density at radius 3 is 1.40 bits per heavy atom. The van der Waals surface area contributed by atoms with Gasteiger partial charge in [-0.15, -0.1) is 0 Å². The summed E-state index contributed by atoms with van der Waals surface area (Å²) in [5, 5.41) is 1.49. The van der Waals surface area contributed by atoms with Gasteiger partial charge in [-0.3, -0.25) is 4.11 Å². The van der Waals surface area contributed by atoms with Crippen molar-refractivity contribution in [2.45, 2.75) is 0 Å². The van der Waals surface area contributed by atoms with Gasteiger partial charge in [0, 0.05) is 0 Å². The van der Waals surface area contributed by atoms with Crippen molar-refractivity contribution in [3.63, 3.8) is 0 Å². The largest absolute Gasteiger partial charge is 0.376 e. The van der Waals surface area contributed by atoms with E-state index < -0.39 is 7.03 Å². The molecule has 2 aromatic rings. The number of halogens is 2. The van der Waals surface area contributed by atoms with Crippen molar-refractivity contribution >= 4 is 32.7 Å². The Labute approximate surface area is 97.5 Å². The summed E-state index contributed by atoms with van der Waals surface area (Å²) in [5.74, 6) is 0. The van der Waals surface area contributed by atoms with Crippen LogP contribution in [0.25, 0.3) is 0 Å². The highest BCUT2D eigenvalue weighted by Crippen LogP contribution is 2.13. The maximum atomic E-state index is 14.6. The van der Waals surface area contributed by atoms with Crippen LogP contribution in [0.15, 0.2) is 60.7 Å². The molecule has 0 aliphatic heterocycles. The number of rotatable bonds is 2. The molecule has 0 amide bonds. The van der Waals surface area contributed by atoms with Crippen molar-refractivity contribution in [1.82, 2.24) is 0 Å². The molecule has 0 spiro atoms. The Balaban J connectivity index is 2.44. The fraction of sp³-hybridized carbons (Fsp3) is 0. The van der Waals surface area contributed by atoms with E-state index in [1.807, 2.05) is 60.7 Å². The predicted molar refractivity (Wildman–Crippen MR) is 67.9 cm³/mol. The smallest absolute Gasteiger partial charge is 0.287 e. The van der Waals surface area contributed by atoms with Gasteiger partial charge in [0.15, 0.2) is 0 Å².